The lowest BCUT2D eigenvalue weighted by Gasteiger charge is -2.09. The first-order chi connectivity index (χ1) is 13.7. The number of hydrogen-bond donors (Lipinski definition) is 2. The van der Waals surface area contributed by atoms with Crippen LogP contribution in [0.15, 0.2) is 54.6 Å². The Morgan fingerprint density at radius 3 is 2.31 bits per heavy atom. The van der Waals surface area contributed by atoms with Gasteiger partial charge in [-0.3, -0.25) is 4.79 Å². The minimum Gasteiger partial charge on any atom is -0.477 e. The van der Waals surface area contributed by atoms with Gasteiger partial charge >= 0.3 is 12.1 Å². The number of thiophene rings is 1. The first-order valence-corrected chi connectivity index (χ1v) is 9.05. The fourth-order valence-electron chi connectivity index (χ4n) is 2.62. The first kappa shape index (κ1) is 20.5. The Labute approximate surface area is 166 Å². The molecule has 2 aromatic carbocycles. The van der Waals surface area contributed by atoms with Crippen molar-refractivity contribution in [2.45, 2.75) is 6.18 Å². The van der Waals surface area contributed by atoms with Gasteiger partial charge in [-0.15, -0.1) is 11.3 Å². The Hall–Kier alpha value is -3.20. The number of aromatic carboxylic acids is 1. The first-order valence-electron chi connectivity index (χ1n) is 8.23. The van der Waals surface area contributed by atoms with Crippen molar-refractivity contribution in [3.05, 3.63) is 76.4 Å². The summed E-state index contributed by atoms with van der Waals surface area (Å²) in [6.45, 7) is -0.407. The van der Waals surface area contributed by atoms with Gasteiger partial charge in [-0.25, -0.2) is 9.18 Å². The Morgan fingerprint density at radius 1 is 1.03 bits per heavy atom. The molecule has 0 aliphatic heterocycles. The molecule has 9 heteroatoms. The van der Waals surface area contributed by atoms with Crippen LogP contribution in [0.25, 0.3) is 10.4 Å². The number of carboxylic acid groups (broad SMARTS) is 1. The molecule has 0 atom stereocenters. The number of ketones is 1. The van der Waals surface area contributed by atoms with Gasteiger partial charge in [-0.1, -0.05) is 36.4 Å². The number of carbonyl (C=O) groups is 2. The smallest absolute Gasteiger partial charge is 0.419 e. The number of carbonyl (C=O) groups excluding carboxylic acids is 1. The van der Waals surface area contributed by atoms with E-state index in [2.05, 4.69) is 5.32 Å². The van der Waals surface area contributed by atoms with Crippen LogP contribution in [0.5, 0.6) is 0 Å². The number of alkyl halides is 3. The third-order valence-electron chi connectivity index (χ3n) is 4.02. The second-order valence-electron chi connectivity index (χ2n) is 5.99. The van der Waals surface area contributed by atoms with Crippen molar-refractivity contribution in [3.63, 3.8) is 0 Å². The van der Waals surface area contributed by atoms with E-state index in [1.54, 1.807) is 30.3 Å². The van der Waals surface area contributed by atoms with E-state index in [1.165, 1.54) is 0 Å². The summed E-state index contributed by atoms with van der Waals surface area (Å²) in [4.78, 5) is 24.4. The molecule has 0 amide bonds. The monoisotopic (exact) mass is 423 g/mol. The standard InChI is InChI=1S/C20H13F4NO3S/c21-14-8-12(6-7-13(14)20(22,23)24)16(26)10-25-15-9-17(29-18(15)19(27)28)11-4-2-1-3-5-11/h1-9,25H,10H2,(H,27,28). The van der Waals surface area contributed by atoms with Crippen molar-refractivity contribution >= 4 is 28.8 Å². The highest BCUT2D eigenvalue weighted by Gasteiger charge is 2.34. The Balaban J connectivity index is 1.79. The molecule has 0 bridgehead atoms. The molecule has 150 valence electrons. The van der Waals surface area contributed by atoms with Crippen LogP contribution in [0, 0.1) is 5.82 Å². The Kier molecular flexibility index (Phi) is 5.69. The Morgan fingerprint density at radius 2 is 1.72 bits per heavy atom. The van der Waals surface area contributed by atoms with Gasteiger partial charge in [0, 0.05) is 10.4 Å². The van der Waals surface area contributed by atoms with Crippen LogP contribution >= 0.6 is 11.3 Å². The van der Waals surface area contributed by atoms with Gasteiger partial charge in [0.2, 0.25) is 0 Å². The SMILES string of the molecule is O=C(CNc1cc(-c2ccccc2)sc1C(=O)O)c1ccc(C(F)(F)F)c(F)c1. The van der Waals surface area contributed by atoms with E-state index in [0.29, 0.717) is 17.0 Å². The van der Waals surface area contributed by atoms with E-state index < -0.39 is 35.9 Å². The van der Waals surface area contributed by atoms with Gasteiger partial charge < -0.3 is 10.4 Å². The van der Waals surface area contributed by atoms with Crippen molar-refractivity contribution in [1.29, 1.82) is 0 Å². The zero-order valence-corrected chi connectivity index (χ0v) is 15.4. The summed E-state index contributed by atoms with van der Waals surface area (Å²) in [5.41, 5.74) is -0.717. The van der Waals surface area contributed by atoms with Crippen LogP contribution in [0.4, 0.5) is 23.2 Å². The summed E-state index contributed by atoms with van der Waals surface area (Å²) in [6, 6.07) is 12.5. The number of anilines is 1. The van der Waals surface area contributed by atoms with Crippen molar-refractivity contribution in [1.82, 2.24) is 0 Å². The second kappa shape index (κ2) is 8.04. The number of nitrogens with one attached hydrogen (secondary N) is 1. The van der Waals surface area contributed by atoms with Gasteiger partial charge in [0.05, 0.1) is 17.8 Å². The fraction of sp³-hybridized carbons (Fsp3) is 0.100. The van der Waals surface area contributed by atoms with E-state index in [0.717, 1.165) is 23.0 Å². The van der Waals surface area contributed by atoms with Crippen LogP contribution in [-0.4, -0.2) is 23.4 Å². The topological polar surface area (TPSA) is 66.4 Å². The predicted octanol–water partition coefficient (Wildman–Crippen LogP) is 5.57. The third-order valence-corrected chi connectivity index (χ3v) is 5.19. The highest BCUT2D eigenvalue weighted by molar-refractivity contribution is 7.18. The van der Waals surface area contributed by atoms with E-state index in [9.17, 15) is 32.3 Å². The summed E-state index contributed by atoms with van der Waals surface area (Å²) >= 11 is 1.02. The maximum Gasteiger partial charge on any atom is 0.419 e. The molecule has 1 heterocycles. The lowest BCUT2D eigenvalue weighted by molar-refractivity contribution is -0.140. The molecule has 0 spiro atoms. The van der Waals surface area contributed by atoms with Crippen LogP contribution in [0.2, 0.25) is 0 Å². The molecule has 0 fully saturated rings. The quantitative estimate of drug-likeness (QED) is 0.402. The third kappa shape index (κ3) is 4.62. The number of hydrogen-bond acceptors (Lipinski definition) is 4. The summed E-state index contributed by atoms with van der Waals surface area (Å²) in [7, 11) is 0. The van der Waals surface area contributed by atoms with Gasteiger partial charge in [-0.2, -0.15) is 13.2 Å². The molecule has 0 radical (unpaired) electrons. The highest BCUT2D eigenvalue weighted by atomic mass is 32.1. The van der Waals surface area contributed by atoms with Crippen molar-refractivity contribution in [2.24, 2.45) is 0 Å². The molecule has 3 rings (SSSR count). The van der Waals surface area contributed by atoms with Crippen LogP contribution < -0.4 is 5.32 Å². The number of benzene rings is 2. The molecule has 4 nitrogen and oxygen atoms in total. The largest absolute Gasteiger partial charge is 0.477 e. The zero-order chi connectivity index (χ0) is 21.2. The highest BCUT2D eigenvalue weighted by Crippen LogP contribution is 2.35. The van der Waals surface area contributed by atoms with Gasteiger partial charge in [0.25, 0.3) is 0 Å². The molecule has 3 aromatic rings. The number of rotatable bonds is 6. The molecule has 0 saturated carbocycles. The van der Waals surface area contributed by atoms with Gasteiger partial charge in [-0.05, 0) is 23.8 Å². The van der Waals surface area contributed by atoms with Crippen LogP contribution in [-0.2, 0) is 6.18 Å². The van der Waals surface area contributed by atoms with E-state index in [1.807, 2.05) is 6.07 Å². The lowest BCUT2D eigenvalue weighted by Crippen LogP contribution is -2.16. The molecule has 0 aliphatic carbocycles. The number of halogens is 4. The second-order valence-corrected chi connectivity index (χ2v) is 7.05. The minimum atomic E-state index is -4.86. The fourth-order valence-corrected chi connectivity index (χ4v) is 3.60. The van der Waals surface area contributed by atoms with Gasteiger partial charge in [0.15, 0.2) is 5.78 Å². The molecule has 0 saturated heterocycles. The summed E-state index contributed by atoms with van der Waals surface area (Å²) in [5.74, 6) is -3.41. The molecule has 0 unspecified atom stereocenters. The van der Waals surface area contributed by atoms with E-state index in [-0.39, 0.29) is 16.1 Å². The number of Topliss-reactive ketones (excluding diaryl/α,β-unsaturated/α-hetero) is 1. The summed E-state index contributed by atoms with van der Waals surface area (Å²) in [6.07, 6.45) is -4.86. The Bertz CT molecular complexity index is 1060. The minimum absolute atomic E-state index is 0.0183. The van der Waals surface area contributed by atoms with Crippen molar-refractivity contribution in [3.8, 4) is 10.4 Å². The maximum atomic E-state index is 13.7. The summed E-state index contributed by atoms with van der Waals surface area (Å²) < 4.78 is 51.5. The number of carboxylic acids is 1. The predicted molar refractivity (Wildman–Crippen MR) is 101 cm³/mol. The van der Waals surface area contributed by atoms with E-state index >= 15 is 0 Å². The van der Waals surface area contributed by atoms with Gasteiger partial charge in [0.1, 0.15) is 10.7 Å². The zero-order valence-electron chi connectivity index (χ0n) is 14.6. The van der Waals surface area contributed by atoms with Crippen LogP contribution in [0.1, 0.15) is 25.6 Å². The molecule has 0 aliphatic rings. The van der Waals surface area contributed by atoms with Crippen LogP contribution in [0.3, 0.4) is 0 Å². The average Bonchev–Trinajstić information content (AvgIpc) is 3.10. The average molecular weight is 423 g/mol. The molecule has 2 N–H and O–H groups in total. The lowest BCUT2D eigenvalue weighted by atomic mass is 10.1. The van der Waals surface area contributed by atoms with Crippen molar-refractivity contribution < 1.29 is 32.3 Å². The molecule has 29 heavy (non-hydrogen) atoms. The molecule has 1 aromatic heterocycles. The maximum absolute atomic E-state index is 13.7. The summed E-state index contributed by atoms with van der Waals surface area (Å²) in [5, 5.41) is 12.1. The normalized spacial score (nSPS) is 11.3. The molecular formula is C20H13F4NO3S. The molecular weight excluding hydrogens is 410 g/mol. The van der Waals surface area contributed by atoms with Crippen molar-refractivity contribution in [2.75, 3.05) is 11.9 Å². The van der Waals surface area contributed by atoms with E-state index in [4.69, 9.17) is 0 Å².